The minimum absolute atomic E-state index is 0.0942. The van der Waals surface area contributed by atoms with Gasteiger partial charge in [-0.1, -0.05) is 57.0 Å². The highest BCUT2D eigenvalue weighted by Crippen LogP contribution is 2.11. The molecule has 2 atom stereocenters. The molecule has 3 nitrogen and oxygen atoms in total. The standard InChI is InChI=1S/C16H26N2O/c1-12(2)8-7-9-13(3)18-16(19)15(17)14-10-5-4-6-11-14/h4-6,10-13,15H,7-9,17H2,1-3H3,(H,18,19)/t13?,15-/m1/s1. The van der Waals surface area contributed by atoms with Crippen molar-refractivity contribution in [2.75, 3.05) is 0 Å². The van der Waals surface area contributed by atoms with Crippen LogP contribution < -0.4 is 11.1 Å². The number of benzene rings is 1. The molecule has 106 valence electrons. The maximum absolute atomic E-state index is 12.0. The van der Waals surface area contributed by atoms with Crippen LogP contribution in [0.2, 0.25) is 0 Å². The Kier molecular flexibility index (Phi) is 6.57. The molecule has 0 heterocycles. The minimum Gasteiger partial charge on any atom is -0.352 e. The Labute approximate surface area is 116 Å². The molecule has 1 rings (SSSR count). The maximum Gasteiger partial charge on any atom is 0.241 e. The van der Waals surface area contributed by atoms with Crippen molar-refractivity contribution in [1.29, 1.82) is 0 Å². The molecule has 1 amide bonds. The van der Waals surface area contributed by atoms with E-state index in [1.165, 1.54) is 6.42 Å². The Morgan fingerprint density at radius 3 is 2.37 bits per heavy atom. The summed E-state index contributed by atoms with van der Waals surface area (Å²) in [5.41, 5.74) is 6.81. The average molecular weight is 262 g/mol. The first-order chi connectivity index (χ1) is 9.00. The third-order valence-electron chi connectivity index (χ3n) is 3.25. The molecule has 0 spiro atoms. The van der Waals surface area contributed by atoms with Crippen molar-refractivity contribution in [3.63, 3.8) is 0 Å². The van der Waals surface area contributed by atoms with Gasteiger partial charge in [0, 0.05) is 6.04 Å². The zero-order valence-corrected chi connectivity index (χ0v) is 12.2. The summed E-state index contributed by atoms with van der Waals surface area (Å²) in [5, 5.41) is 2.99. The van der Waals surface area contributed by atoms with Crippen LogP contribution >= 0.6 is 0 Å². The van der Waals surface area contributed by atoms with Gasteiger partial charge in [0.15, 0.2) is 0 Å². The van der Waals surface area contributed by atoms with Crippen molar-refractivity contribution in [3.05, 3.63) is 35.9 Å². The predicted octanol–water partition coefficient (Wildman–Crippen LogP) is 3.02. The van der Waals surface area contributed by atoms with E-state index in [4.69, 9.17) is 5.73 Å². The van der Waals surface area contributed by atoms with E-state index in [2.05, 4.69) is 19.2 Å². The van der Waals surface area contributed by atoms with Crippen LogP contribution in [-0.2, 0) is 4.79 Å². The van der Waals surface area contributed by atoms with E-state index in [0.29, 0.717) is 0 Å². The molecule has 1 aromatic rings. The van der Waals surface area contributed by atoms with Crippen molar-refractivity contribution in [2.24, 2.45) is 11.7 Å². The Morgan fingerprint density at radius 2 is 1.79 bits per heavy atom. The van der Waals surface area contributed by atoms with Crippen molar-refractivity contribution in [1.82, 2.24) is 5.32 Å². The Morgan fingerprint density at radius 1 is 1.16 bits per heavy atom. The largest absolute Gasteiger partial charge is 0.352 e. The Hall–Kier alpha value is -1.35. The van der Waals surface area contributed by atoms with Crippen LogP contribution in [0.25, 0.3) is 0 Å². The molecule has 0 saturated heterocycles. The van der Waals surface area contributed by atoms with E-state index in [0.717, 1.165) is 24.3 Å². The summed E-state index contributed by atoms with van der Waals surface area (Å²) in [6.45, 7) is 6.47. The van der Waals surface area contributed by atoms with Gasteiger partial charge < -0.3 is 11.1 Å². The molecule has 1 unspecified atom stereocenters. The van der Waals surface area contributed by atoms with E-state index in [1.807, 2.05) is 37.3 Å². The quantitative estimate of drug-likeness (QED) is 0.793. The van der Waals surface area contributed by atoms with Crippen LogP contribution in [0.3, 0.4) is 0 Å². The molecular formula is C16H26N2O. The van der Waals surface area contributed by atoms with Gasteiger partial charge in [-0.05, 0) is 24.8 Å². The van der Waals surface area contributed by atoms with Gasteiger partial charge in [0.25, 0.3) is 0 Å². The summed E-state index contributed by atoms with van der Waals surface area (Å²) in [7, 11) is 0. The van der Waals surface area contributed by atoms with Gasteiger partial charge in [0.05, 0.1) is 0 Å². The smallest absolute Gasteiger partial charge is 0.241 e. The summed E-state index contributed by atoms with van der Waals surface area (Å²) in [6, 6.07) is 9.09. The van der Waals surface area contributed by atoms with Crippen molar-refractivity contribution in [2.45, 2.75) is 52.1 Å². The highest BCUT2D eigenvalue weighted by Gasteiger charge is 2.17. The van der Waals surface area contributed by atoms with E-state index >= 15 is 0 Å². The SMILES string of the molecule is CC(C)CCCC(C)NC(=O)[C@H](N)c1ccccc1. The second-order valence-corrected chi connectivity index (χ2v) is 5.62. The van der Waals surface area contributed by atoms with Crippen LogP contribution in [0.4, 0.5) is 0 Å². The maximum atomic E-state index is 12.0. The summed E-state index contributed by atoms with van der Waals surface area (Å²) >= 11 is 0. The molecule has 0 radical (unpaired) electrons. The zero-order valence-electron chi connectivity index (χ0n) is 12.2. The molecule has 0 aliphatic rings. The number of carbonyl (C=O) groups is 1. The summed E-state index contributed by atoms with van der Waals surface area (Å²) < 4.78 is 0. The van der Waals surface area contributed by atoms with Crippen LogP contribution in [0, 0.1) is 5.92 Å². The molecule has 0 aromatic heterocycles. The van der Waals surface area contributed by atoms with Gasteiger partial charge in [0.2, 0.25) is 5.91 Å². The van der Waals surface area contributed by atoms with Crippen molar-refractivity contribution >= 4 is 5.91 Å². The Bertz CT molecular complexity index is 376. The lowest BCUT2D eigenvalue weighted by atomic mass is 10.0. The summed E-state index contributed by atoms with van der Waals surface area (Å²) in [5.74, 6) is 0.623. The van der Waals surface area contributed by atoms with E-state index in [1.54, 1.807) is 0 Å². The third kappa shape index (κ3) is 5.88. The first-order valence-corrected chi connectivity index (χ1v) is 7.11. The number of carbonyl (C=O) groups excluding carboxylic acids is 1. The molecule has 0 aliphatic heterocycles. The highest BCUT2D eigenvalue weighted by atomic mass is 16.2. The van der Waals surface area contributed by atoms with E-state index in [-0.39, 0.29) is 11.9 Å². The molecule has 19 heavy (non-hydrogen) atoms. The first kappa shape index (κ1) is 15.7. The van der Waals surface area contributed by atoms with Crippen LogP contribution in [-0.4, -0.2) is 11.9 Å². The highest BCUT2D eigenvalue weighted by molar-refractivity contribution is 5.83. The first-order valence-electron chi connectivity index (χ1n) is 7.11. The van der Waals surface area contributed by atoms with Gasteiger partial charge in [0.1, 0.15) is 6.04 Å². The van der Waals surface area contributed by atoms with Crippen molar-refractivity contribution < 1.29 is 4.79 Å². The fourth-order valence-corrected chi connectivity index (χ4v) is 2.05. The van der Waals surface area contributed by atoms with E-state index in [9.17, 15) is 4.79 Å². The lowest BCUT2D eigenvalue weighted by Crippen LogP contribution is -2.39. The fraction of sp³-hybridized carbons (Fsp3) is 0.562. The fourth-order valence-electron chi connectivity index (χ4n) is 2.05. The monoisotopic (exact) mass is 262 g/mol. The molecular weight excluding hydrogens is 236 g/mol. The lowest BCUT2D eigenvalue weighted by molar-refractivity contribution is -0.123. The number of nitrogens with one attached hydrogen (secondary N) is 1. The van der Waals surface area contributed by atoms with Crippen LogP contribution in [0.1, 0.15) is 51.6 Å². The van der Waals surface area contributed by atoms with Crippen LogP contribution in [0.5, 0.6) is 0 Å². The Balaban J connectivity index is 2.37. The lowest BCUT2D eigenvalue weighted by Gasteiger charge is -2.18. The normalized spacial score (nSPS) is 14.2. The number of hydrogen-bond donors (Lipinski definition) is 2. The molecule has 3 heteroatoms. The van der Waals surface area contributed by atoms with E-state index < -0.39 is 6.04 Å². The van der Waals surface area contributed by atoms with Crippen LogP contribution in [0.15, 0.2) is 30.3 Å². The summed E-state index contributed by atoms with van der Waals surface area (Å²) in [6.07, 6.45) is 3.34. The molecule has 0 bridgehead atoms. The number of amides is 1. The molecule has 1 aromatic carbocycles. The number of hydrogen-bond acceptors (Lipinski definition) is 2. The van der Waals surface area contributed by atoms with Gasteiger partial charge in [-0.3, -0.25) is 4.79 Å². The predicted molar refractivity (Wildman–Crippen MR) is 79.7 cm³/mol. The number of nitrogens with two attached hydrogens (primary N) is 1. The van der Waals surface area contributed by atoms with Gasteiger partial charge in [-0.25, -0.2) is 0 Å². The zero-order chi connectivity index (χ0) is 14.3. The molecule has 3 N–H and O–H groups in total. The topological polar surface area (TPSA) is 55.1 Å². The second kappa shape index (κ2) is 7.95. The van der Waals surface area contributed by atoms with Gasteiger partial charge >= 0.3 is 0 Å². The molecule has 0 saturated carbocycles. The molecule has 0 fully saturated rings. The third-order valence-corrected chi connectivity index (χ3v) is 3.25. The summed E-state index contributed by atoms with van der Waals surface area (Å²) in [4.78, 5) is 12.0. The average Bonchev–Trinajstić information content (AvgIpc) is 2.38. The second-order valence-electron chi connectivity index (χ2n) is 5.62. The minimum atomic E-state index is -0.575. The molecule has 0 aliphatic carbocycles. The number of rotatable bonds is 7. The van der Waals surface area contributed by atoms with Gasteiger partial charge in [-0.2, -0.15) is 0 Å². The van der Waals surface area contributed by atoms with Crippen molar-refractivity contribution in [3.8, 4) is 0 Å². The van der Waals surface area contributed by atoms with Gasteiger partial charge in [-0.15, -0.1) is 0 Å².